The Kier molecular flexibility index (Phi) is 5.28. The molecule has 0 saturated carbocycles. The molecule has 7 nitrogen and oxygen atoms in total. The number of hydrogen-bond donors (Lipinski definition) is 5. The van der Waals surface area contributed by atoms with Gasteiger partial charge in [-0.05, 0) is 17.7 Å². The second-order valence-corrected chi connectivity index (χ2v) is 5.07. The van der Waals surface area contributed by atoms with Crippen LogP contribution in [-0.2, 0) is 4.74 Å². The first-order chi connectivity index (χ1) is 10.4. The van der Waals surface area contributed by atoms with Gasteiger partial charge in [0.15, 0.2) is 6.29 Å². The van der Waals surface area contributed by atoms with Crippen LogP contribution in [0.3, 0.4) is 0 Å². The van der Waals surface area contributed by atoms with Crippen LogP contribution in [-0.4, -0.2) is 63.6 Å². The van der Waals surface area contributed by atoms with Gasteiger partial charge in [-0.15, -0.1) is 0 Å². The van der Waals surface area contributed by atoms with Gasteiger partial charge in [0.25, 0.3) is 5.91 Å². The van der Waals surface area contributed by atoms with Crippen molar-refractivity contribution >= 4 is 12.0 Å². The molecule has 5 N–H and O–H groups in total. The summed E-state index contributed by atoms with van der Waals surface area (Å²) in [7, 11) is 0. The minimum Gasteiger partial charge on any atom is -0.388 e. The number of ether oxygens (including phenoxy) is 1. The molecule has 1 aliphatic rings. The molecule has 7 heteroatoms. The zero-order valence-corrected chi connectivity index (χ0v) is 11.8. The summed E-state index contributed by atoms with van der Waals surface area (Å²) in [5, 5.41) is 40.6. The molecule has 22 heavy (non-hydrogen) atoms. The van der Waals surface area contributed by atoms with Gasteiger partial charge in [-0.25, -0.2) is 0 Å². The third kappa shape index (κ3) is 3.52. The highest BCUT2D eigenvalue weighted by atomic mass is 16.6. The van der Waals surface area contributed by atoms with E-state index in [0.29, 0.717) is 5.56 Å². The maximum absolute atomic E-state index is 12.0. The fourth-order valence-electron chi connectivity index (χ4n) is 2.17. The number of benzene rings is 1. The van der Waals surface area contributed by atoms with E-state index in [2.05, 4.69) is 11.9 Å². The van der Waals surface area contributed by atoms with Gasteiger partial charge >= 0.3 is 0 Å². The molecule has 1 heterocycles. The van der Waals surface area contributed by atoms with Crippen molar-refractivity contribution in [1.29, 1.82) is 0 Å². The number of aliphatic hydroxyl groups excluding tert-OH is 4. The van der Waals surface area contributed by atoms with Crippen molar-refractivity contribution in [2.45, 2.75) is 30.7 Å². The lowest BCUT2D eigenvalue weighted by Gasteiger charge is -2.38. The number of nitrogens with one attached hydrogen (secondary N) is 1. The van der Waals surface area contributed by atoms with Crippen molar-refractivity contribution < 1.29 is 30.0 Å². The molecule has 120 valence electrons. The summed E-state index contributed by atoms with van der Waals surface area (Å²) in [5.41, 5.74) is 1.29. The maximum Gasteiger partial charge on any atom is 0.251 e. The van der Waals surface area contributed by atoms with Gasteiger partial charge in [0, 0.05) is 12.1 Å². The molecule has 2 rings (SSSR count). The van der Waals surface area contributed by atoms with Crippen LogP contribution in [0.5, 0.6) is 0 Å². The molecule has 0 spiro atoms. The second-order valence-electron chi connectivity index (χ2n) is 5.07. The van der Waals surface area contributed by atoms with Gasteiger partial charge in [0.05, 0.1) is 0 Å². The monoisotopic (exact) mass is 309 g/mol. The van der Waals surface area contributed by atoms with Crippen molar-refractivity contribution in [2.75, 3.05) is 6.54 Å². The third-order valence-electron chi connectivity index (χ3n) is 3.56. The summed E-state index contributed by atoms with van der Waals surface area (Å²) in [4.78, 5) is 12.0. The van der Waals surface area contributed by atoms with Crippen LogP contribution in [0.1, 0.15) is 15.9 Å². The molecule has 1 amide bonds. The highest BCUT2D eigenvalue weighted by Crippen LogP contribution is 2.19. The van der Waals surface area contributed by atoms with Gasteiger partial charge in [0.2, 0.25) is 0 Å². The van der Waals surface area contributed by atoms with Crippen molar-refractivity contribution in [1.82, 2.24) is 5.32 Å². The third-order valence-corrected chi connectivity index (χ3v) is 3.56. The quantitative estimate of drug-likeness (QED) is 0.480. The summed E-state index contributed by atoms with van der Waals surface area (Å²) in [6.45, 7) is 3.50. The predicted molar refractivity (Wildman–Crippen MR) is 77.8 cm³/mol. The normalized spacial score (nSPS) is 31.5. The van der Waals surface area contributed by atoms with E-state index in [-0.39, 0.29) is 12.5 Å². The first-order valence-corrected chi connectivity index (χ1v) is 6.82. The predicted octanol–water partition coefficient (Wildman–Crippen LogP) is -1.14. The lowest BCUT2D eigenvalue weighted by Crippen LogP contribution is -2.59. The summed E-state index contributed by atoms with van der Waals surface area (Å²) in [5.74, 6) is -0.387. The number of carbonyl (C=O) groups excluding carboxylic acids is 1. The smallest absolute Gasteiger partial charge is 0.251 e. The molecule has 1 fully saturated rings. The summed E-state index contributed by atoms with van der Waals surface area (Å²) in [6, 6.07) is 6.71. The Balaban J connectivity index is 1.93. The summed E-state index contributed by atoms with van der Waals surface area (Å²) in [6.07, 6.45) is -5.54. The number of aliphatic hydroxyl groups is 4. The van der Waals surface area contributed by atoms with Crippen molar-refractivity contribution in [3.05, 3.63) is 42.0 Å². The zero-order chi connectivity index (χ0) is 16.3. The number of amides is 1. The Bertz CT molecular complexity index is 531. The van der Waals surface area contributed by atoms with E-state index in [0.717, 1.165) is 5.56 Å². The van der Waals surface area contributed by atoms with Gasteiger partial charge in [-0.3, -0.25) is 4.79 Å². The number of hydrogen-bond acceptors (Lipinski definition) is 6. The molecule has 1 aromatic carbocycles. The minimum absolute atomic E-state index is 0.121. The van der Waals surface area contributed by atoms with E-state index in [9.17, 15) is 25.2 Å². The van der Waals surface area contributed by atoms with E-state index >= 15 is 0 Å². The Morgan fingerprint density at radius 1 is 1.14 bits per heavy atom. The summed E-state index contributed by atoms with van der Waals surface area (Å²) >= 11 is 0. The van der Waals surface area contributed by atoms with Crippen LogP contribution in [0.4, 0.5) is 0 Å². The van der Waals surface area contributed by atoms with Gasteiger partial charge in [0.1, 0.15) is 24.4 Å². The topological polar surface area (TPSA) is 119 Å². The standard InChI is InChI=1S/C15H19NO6/c1-2-8-3-5-9(6-4-8)14(20)16-7-10-11(17)12(18)13(19)15(21)22-10/h2-6,10-13,15,17-19,21H,1,7H2,(H,16,20)/t10-,11+,12+,13-,15?/m1/s1. The van der Waals surface area contributed by atoms with Crippen LogP contribution in [0, 0.1) is 0 Å². The van der Waals surface area contributed by atoms with E-state index in [1.54, 1.807) is 30.3 Å². The molecule has 1 aromatic rings. The Labute approximate surface area is 127 Å². The van der Waals surface area contributed by atoms with Crippen LogP contribution in [0.25, 0.3) is 6.08 Å². The molecule has 1 aliphatic heterocycles. The molecule has 0 aromatic heterocycles. The molecule has 5 atom stereocenters. The largest absolute Gasteiger partial charge is 0.388 e. The van der Waals surface area contributed by atoms with Gasteiger partial charge < -0.3 is 30.5 Å². The molecule has 0 radical (unpaired) electrons. The highest BCUT2D eigenvalue weighted by Gasteiger charge is 2.42. The van der Waals surface area contributed by atoms with Crippen molar-refractivity contribution in [3.63, 3.8) is 0 Å². The number of carbonyl (C=O) groups is 1. The van der Waals surface area contributed by atoms with E-state index < -0.39 is 30.7 Å². The zero-order valence-electron chi connectivity index (χ0n) is 11.8. The van der Waals surface area contributed by atoms with Crippen LogP contribution in [0.2, 0.25) is 0 Å². The molecule has 1 saturated heterocycles. The molecule has 1 unspecified atom stereocenters. The van der Waals surface area contributed by atoms with Gasteiger partial charge in [-0.2, -0.15) is 0 Å². The molecule has 0 aliphatic carbocycles. The Morgan fingerprint density at radius 2 is 1.77 bits per heavy atom. The Hall–Kier alpha value is -1.77. The molecule has 0 bridgehead atoms. The SMILES string of the molecule is C=Cc1ccc(C(=O)NC[C@H]2OC(O)[C@H](O)[C@@H](O)[C@H]2O)cc1. The fraction of sp³-hybridized carbons (Fsp3) is 0.400. The fourth-order valence-corrected chi connectivity index (χ4v) is 2.17. The van der Waals surface area contributed by atoms with Crippen LogP contribution < -0.4 is 5.32 Å². The van der Waals surface area contributed by atoms with E-state index in [4.69, 9.17) is 4.74 Å². The maximum atomic E-state index is 12.0. The number of rotatable bonds is 4. The molecular weight excluding hydrogens is 290 g/mol. The van der Waals surface area contributed by atoms with Crippen LogP contribution >= 0.6 is 0 Å². The van der Waals surface area contributed by atoms with Gasteiger partial charge in [-0.1, -0.05) is 24.8 Å². The first kappa shape index (κ1) is 16.6. The minimum atomic E-state index is -1.62. The van der Waals surface area contributed by atoms with E-state index in [1.165, 1.54) is 0 Å². The highest BCUT2D eigenvalue weighted by molar-refractivity contribution is 5.94. The average Bonchev–Trinajstić information content (AvgIpc) is 2.54. The lowest BCUT2D eigenvalue weighted by molar-refractivity contribution is -0.279. The summed E-state index contributed by atoms with van der Waals surface area (Å²) < 4.78 is 4.97. The second kappa shape index (κ2) is 6.99. The lowest BCUT2D eigenvalue weighted by atomic mass is 9.99. The van der Waals surface area contributed by atoms with Crippen molar-refractivity contribution in [2.24, 2.45) is 0 Å². The van der Waals surface area contributed by atoms with E-state index in [1.807, 2.05) is 0 Å². The Morgan fingerprint density at radius 3 is 2.36 bits per heavy atom. The molecular formula is C15H19NO6. The first-order valence-electron chi connectivity index (χ1n) is 6.82. The van der Waals surface area contributed by atoms with Crippen molar-refractivity contribution in [3.8, 4) is 0 Å². The average molecular weight is 309 g/mol. The van der Waals surface area contributed by atoms with Crippen LogP contribution in [0.15, 0.2) is 30.8 Å².